The van der Waals surface area contributed by atoms with Crippen LogP contribution < -0.4 is 14.8 Å². The van der Waals surface area contributed by atoms with Gasteiger partial charge in [0.2, 0.25) is 6.79 Å². The van der Waals surface area contributed by atoms with E-state index in [9.17, 15) is 8.78 Å². The number of nitrogens with one attached hydrogen (secondary N) is 1. The smallest absolute Gasteiger partial charge is 0.231 e. The highest BCUT2D eigenvalue weighted by molar-refractivity contribution is 5.48. The Balaban J connectivity index is 1.72. The van der Waals surface area contributed by atoms with Crippen LogP contribution in [0.2, 0.25) is 0 Å². The third-order valence-corrected chi connectivity index (χ3v) is 3.51. The minimum atomic E-state index is -0.574. The van der Waals surface area contributed by atoms with Gasteiger partial charge >= 0.3 is 0 Å². The maximum Gasteiger partial charge on any atom is 0.231 e. The Labute approximate surface area is 121 Å². The van der Waals surface area contributed by atoms with E-state index in [0.29, 0.717) is 12.1 Å². The molecule has 3 nitrogen and oxygen atoms in total. The van der Waals surface area contributed by atoms with Gasteiger partial charge in [0.25, 0.3) is 0 Å². The minimum absolute atomic E-state index is 0.217. The summed E-state index contributed by atoms with van der Waals surface area (Å²) in [6.07, 6.45) is 0. The maximum absolute atomic E-state index is 13.7. The van der Waals surface area contributed by atoms with Gasteiger partial charge in [-0.05, 0) is 19.1 Å². The van der Waals surface area contributed by atoms with Crippen LogP contribution >= 0.6 is 0 Å². The van der Waals surface area contributed by atoms with Crippen LogP contribution in [0.5, 0.6) is 11.5 Å². The molecule has 1 unspecified atom stereocenters. The molecule has 0 bridgehead atoms. The second-order valence-corrected chi connectivity index (χ2v) is 4.92. The lowest BCUT2D eigenvalue weighted by molar-refractivity contribution is 0.173. The first-order valence-electron chi connectivity index (χ1n) is 6.71. The van der Waals surface area contributed by atoms with Crippen molar-refractivity contribution in [3.8, 4) is 11.5 Å². The second-order valence-electron chi connectivity index (χ2n) is 4.92. The van der Waals surface area contributed by atoms with Crippen molar-refractivity contribution in [1.82, 2.24) is 5.32 Å². The summed E-state index contributed by atoms with van der Waals surface area (Å²) < 4.78 is 37.4. The van der Waals surface area contributed by atoms with Crippen molar-refractivity contribution >= 4 is 0 Å². The van der Waals surface area contributed by atoms with Crippen molar-refractivity contribution in [2.45, 2.75) is 19.5 Å². The first kappa shape index (κ1) is 13.8. The largest absolute Gasteiger partial charge is 0.454 e. The third kappa shape index (κ3) is 2.83. The van der Waals surface area contributed by atoms with Crippen molar-refractivity contribution < 1.29 is 18.3 Å². The molecule has 1 aliphatic rings. The summed E-state index contributed by atoms with van der Waals surface area (Å²) in [6, 6.07) is 9.01. The Morgan fingerprint density at radius 1 is 1.19 bits per heavy atom. The molecule has 21 heavy (non-hydrogen) atoms. The van der Waals surface area contributed by atoms with Gasteiger partial charge in [-0.15, -0.1) is 0 Å². The first-order valence-corrected chi connectivity index (χ1v) is 6.71. The average Bonchev–Trinajstić information content (AvgIpc) is 2.93. The molecule has 1 atom stereocenters. The summed E-state index contributed by atoms with van der Waals surface area (Å²) in [4.78, 5) is 0. The quantitative estimate of drug-likeness (QED) is 0.934. The van der Waals surface area contributed by atoms with Gasteiger partial charge in [0.15, 0.2) is 11.5 Å². The molecule has 2 aromatic carbocycles. The molecule has 0 saturated heterocycles. The van der Waals surface area contributed by atoms with E-state index in [2.05, 4.69) is 5.32 Å². The fraction of sp³-hybridized carbons (Fsp3) is 0.250. The van der Waals surface area contributed by atoms with Gasteiger partial charge in [0, 0.05) is 29.8 Å². The van der Waals surface area contributed by atoms with Crippen LogP contribution in [0.4, 0.5) is 8.78 Å². The highest BCUT2D eigenvalue weighted by Gasteiger charge is 2.18. The number of benzene rings is 2. The number of halogens is 2. The Bertz CT molecular complexity index is 661. The Morgan fingerprint density at radius 3 is 2.86 bits per heavy atom. The zero-order valence-corrected chi connectivity index (χ0v) is 11.5. The van der Waals surface area contributed by atoms with Gasteiger partial charge in [-0.25, -0.2) is 8.78 Å². The Kier molecular flexibility index (Phi) is 3.75. The standard InChI is InChI=1S/C16H15F2NO2/c1-10(13-6-5-12(17)7-14(13)18)19-8-11-3-2-4-15-16(11)21-9-20-15/h2-7,10,19H,8-9H2,1H3. The molecule has 0 spiro atoms. The van der Waals surface area contributed by atoms with Crippen LogP contribution in [0.15, 0.2) is 36.4 Å². The fourth-order valence-electron chi connectivity index (χ4n) is 2.36. The highest BCUT2D eigenvalue weighted by atomic mass is 19.1. The predicted octanol–water partition coefficient (Wildman–Crippen LogP) is 3.54. The van der Waals surface area contributed by atoms with E-state index in [1.807, 2.05) is 25.1 Å². The zero-order valence-electron chi connectivity index (χ0n) is 11.5. The molecule has 0 aliphatic carbocycles. The molecule has 2 aromatic rings. The summed E-state index contributed by atoms with van der Waals surface area (Å²) in [5.41, 5.74) is 1.38. The fourth-order valence-corrected chi connectivity index (χ4v) is 2.36. The number of fused-ring (bicyclic) bond motifs is 1. The normalized spacial score (nSPS) is 14.2. The topological polar surface area (TPSA) is 30.5 Å². The summed E-state index contributed by atoms with van der Waals surface area (Å²) >= 11 is 0. The third-order valence-electron chi connectivity index (χ3n) is 3.51. The predicted molar refractivity (Wildman–Crippen MR) is 74.2 cm³/mol. The first-order chi connectivity index (χ1) is 10.1. The molecule has 3 rings (SSSR count). The summed E-state index contributed by atoms with van der Waals surface area (Å²) in [6.45, 7) is 2.55. The van der Waals surface area contributed by atoms with Crippen LogP contribution in [0.3, 0.4) is 0 Å². The molecule has 1 N–H and O–H groups in total. The number of hydrogen-bond acceptors (Lipinski definition) is 3. The number of ether oxygens (including phenoxy) is 2. The van der Waals surface area contributed by atoms with Crippen molar-refractivity contribution in [2.24, 2.45) is 0 Å². The molecule has 110 valence electrons. The Hall–Kier alpha value is -2.14. The summed E-state index contributed by atoms with van der Waals surface area (Å²) in [5, 5.41) is 3.21. The van der Waals surface area contributed by atoms with Gasteiger partial charge in [-0.1, -0.05) is 18.2 Å². The summed E-state index contributed by atoms with van der Waals surface area (Å²) in [5.74, 6) is 0.314. The SMILES string of the molecule is CC(NCc1cccc2c1OCO2)c1ccc(F)cc1F. The monoisotopic (exact) mass is 291 g/mol. The number of para-hydroxylation sites is 1. The van der Waals surface area contributed by atoms with Crippen LogP contribution in [-0.4, -0.2) is 6.79 Å². The van der Waals surface area contributed by atoms with Crippen molar-refractivity contribution in [2.75, 3.05) is 6.79 Å². The van der Waals surface area contributed by atoms with E-state index in [0.717, 1.165) is 23.1 Å². The maximum atomic E-state index is 13.7. The van der Waals surface area contributed by atoms with Crippen LogP contribution in [0.1, 0.15) is 24.1 Å². The van der Waals surface area contributed by atoms with Crippen molar-refractivity contribution in [3.63, 3.8) is 0 Å². The molecule has 5 heteroatoms. The molecule has 0 fully saturated rings. The van der Waals surface area contributed by atoms with Crippen LogP contribution in [-0.2, 0) is 6.54 Å². The van der Waals surface area contributed by atoms with E-state index in [4.69, 9.17) is 9.47 Å². The molecular formula is C16H15F2NO2. The molecular weight excluding hydrogens is 276 g/mol. The van der Waals surface area contributed by atoms with E-state index in [1.54, 1.807) is 0 Å². The number of hydrogen-bond donors (Lipinski definition) is 1. The van der Waals surface area contributed by atoms with E-state index in [-0.39, 0.29) is 12.8 Å². The lowest BCUT2D eigenvalue weighted by atomic mass is 10.1. The van der Waals surface area contributed by atoms with E-state index in [1.165, 1.54) is 12.1 Å². The van der Waals surface area contributed by atoms with E-state index >= 15 is 0 Å². The van der Waals surface area contributed by atoms with Gasteiger partial charge in [0.1, 0.15) is 11.6 Å². The van der Waals surface area contributed by atoms with Crippen molar-refractivity contribution in [3.05, 3.63) is 59.2 Å². The van der Waals surface area contributed by atoms with Gasteiger partial charge in [-0.2, -0.15) is 0 Å². The molecule has 1 heterocycles. The van der Waals surface area contributed by atoms with Crippen LogP contribution in [0, 0.1) is 11.6 Å². The zero-order chi connectivity index (χ0) is 14.8. The van der Waals surface area contributed by atoms with Gasteiger partial charge in [0.05, 0.1) is 0 Å². The molecule has 1 aliphatic heterocycles. The molecule has 0 aromatic heterocycles. The molecule has 0 saturated carbocycles. The number of rotatable bonds is 4. The highest BCUT2D eigenvalue weighted by Crippen LogP contribution is 2.35. The van der Waals surface area contributed by atoms with Gasteiger partial charge in [-0.3, -0.25) is 0 Å². The summed E-state index contributed by atoms with van der Waals surface area (Å²) in [7, 11) is 0. The lowest BCUT2D eigenvalue weighted by Gasteiger charge is -2.16. The molecule has 0 amide bonds. The second kappa shape index (κ2) is 5.69. The Morgan fingerprint density at radius 2 is 2.05 bits per heavy atom. The van der Waals surface area contributed by atoms with Crippen molar-refractivity contribution in [1.29, 1.82) is 0 Å². The average molecular weight is 291 g/mol. The van der Waals surface area contributed by atoms with E-state index < -0.39 is 11.6 Å². The molecule has 0 radical (unpaired) electrons. The van der Waals surface area contributed by atoms with Gasteiger partial charge < -0.3 is 14.8 Å². The lowest BCUT2D eigenvalue weighted by Crippen LogP contribution is -2.19. The minimum Gasteiger partial charge on any atom is -0.454 e. The van der Waals surface area contributed by atoms with Crippen LogP contribution in [0.25, 0.3) is 0 Å².